The second-order valence-electron chi connectivity index (χ2n) is 10.3. The molecule has 1 aromatic heterocycles. The number of amides is 3. The number of primary amides is 1. The fourth-order valence-corrected chi connectivity index (χ4v) is 5.35. The fraction of sp³-hybridized carbons (Fsp3) is 0.0571. The smallest absolute Gasteiger partial charge is 0.255 e. The van der Waals surface area contributed by atoms with E-state index in [0.717, 1.165) is 27.5 Å². The largest absolute Gasteiger partial charge is 0.497 e. The van der Waals surface area contributed by atoms with Crippen LogP contribution in [-0.2, 0) is 0 Å². The van der Waals surface area contributed by atoms with Gasteiger partial charge >= 0.3 is 0 Å². The number of rotatable bonds is 7. The summed E-state index contributed by atoms with van der Waals surface area (Å²) in [5.41, 5.74) is 11.6. The molecule has 6 aromatic rings. The molecule has 0 radical (unpaired) electrons. The number of carbonyl (C=O) groups is 3. The van der Waals surface area contributed by atoms with Crippen LogP contribution in [0.25, 0.3) is 32.9 Å². The monoisotopic (exact) mass is 586 g/mol. The minimum atomic E-state index is -0.596. The van der Waals surface area contributed by atoms with Crippen molar-refractivity contribution in [2.75, 3.05) is 17.7 Å². The van der Waals surface area contributed by atoms with Gasteiger partial charge in [-0.05, 0) is 84.3 Å². The molecule has 44 heavy (non-hydrogen) atoms. The van der Waals surface area contributed by atoms with Crippen LogP contribution in [-0.4, -0.2) is 29.8 Å². The SMILES string of the molecule is COc1cccc(NC(=O)c2ccc3c(c2)[nH]c2c(C(N)=O)ccc(-c4cccc(NC(=O)c5ccc(F)cc5)c4C)c23)c1. The Kier molecular flexibility index (Phi) is 7.28. The van der Waals surface area contributed by atoms with Crippen molar-refractivity contribution >= 4 is 50.9 Å². The maximum Gasteiger partial charge on any atom is 0.255 e. The normalized spacial score (nSPS) is 11.0. The second kappa shape index (κ2) is 11.4. The van der Waals surface area contributed by atoms with E-state index in [2.05, 4.69) is 15.6 Å². The number of nitrogens with two attached hydrogens (primary N) is 1. The van der Waals surface area contributed by atoms with Crippen LogP contribution in [0.1, 0.15) is 36.6 Å². The lowest BCUT2D eigenvalue weighted by Crippen LogP contribution is -2.13. The molecular formula is C35H27FN4O4. The highest BCUT2D eigenvalue weighted by atomic mass is 19.1. The highest BCUT2D eigenvalue weighted by Crippen LogP contribution is 2.39. The van der Waals surface area contributed by atoms with E-state index in [4.69, 9.17) is 10.5 Å². The molecule has 218 valence electrons. The second-order valence-corrected chi connectivity index (χ2v) is 10.3. The Hall–Kier alpha value is -5.96. The standard InChI is InChI=1S/C35H27FN4O4/c1-19-25(7-4-8-29(19)40-34(42)20-9-12-22(36)13-10-20)26-15-16-28(33(37)41)32-31(26)27-14-11-21(17-30(27)39-32)35(43)38-23-5-3-6-24(18-23)44-2/h3-18,39H,1-2H3,(H2,37,41)(H,38,43)(H,40,42). The average Bonchev–Trinajstić information content (AvgIpc) is 3.41. The third-order valence-corrected chi connectivity index (χ3v) is 7.59. The molecule has 0 aliphatic carbocycles. The molecule has 1 heterocycles. The van der Waals surface area contributed by atoms with Crippen LogP contribution in [0.3, 0.4) is 0 Å². The molecule has 5 aromatic carbocycles. The molecule has 0 saturated heterocycles. The summed E-state index contributed by atoms with van der Waals surface area (Å²) in [5.74, 6) is -1.08. The summed E-state index contributed by atoms with van der Waals surface area (Å²) in [6, 6.07) is 26.7. The van der Waals surface area contributed by atoms with Gasteiger partial charge in [-0.3, -0.25) is 14.4 Å². The number of ether oxygens (including phenoxy) is 1. The minimum absolute atomic E-state index is 0.306. The van der Waals surface area contributed by atoms with E-state index < -0.39 is 11.7 Å². The van der Waals surface area contributed by atoms with Crippen LogP contribution in [0.2, 0.25) is 0 Å². The maximum atomic E-state index is 13.4. The molecule has 0 atom stereocenters. The zero-order chi connectivity index (χ0) is 31.0. The Morgan fingerprint density at radius 2 is 1.52 bits per heavy atom. The van der Waals surface area contributed by atoms with E-state index in [0.29, 0.717) is 44.8 Å². The third-order valence-electron chi connectivity index (χ3n) is 7.59. The van der Waals surface area contributed by atoms with Gasteiger partial charge in [-0.1, -0.05) is 30.3 Å². The number of hydrogen-bond acceptors (Lipinski definition) is 4. The van der Waals surface area contributed by atoms with Crippen LogP contribution in [0.4, 0.5) is 15.8 Å². The summed E-state index contributed by atoms with van der Waals surface area (Å²) in [7, 11) is 1.56. The van der Waals surface area contributed by atoms with Crippen molar-refractivity contribution < 1.29 is 23.5 Å². The predicted molar refractivity (Wildman–Crippen MR) is 170 cm³/mol. The molecule has 0 aliphatic heterocycles. The number of hydrogen-bond donors (Lipinski definition) is 4. The van der Waals surface area contributed by atoms with Crippen LogP contribution in [0, 0.1) is 12.7 Å². The lowest BCUT2D eigenvalue weighted by atomic mass is 9.93. The number of aromatic amines is 1. The van der Waals surface area contributed by atoms with E-state index in [1.165, 1.54) is 24.3 Å². The number of anilines is 2. The van der Waals surface area contributed by atoms with Crippen molar-refractivity contribution in [1.29, 1.82) is 0 Å². The quantitative estimate of drug-likeness (QED) is 0.160. The Bertz CT molecular complexity index is 2100. The van der Waals surface area contributed by atoms with Gasteiger partial charge in [0.15, 0.2) is 0 Å². The van der Waals surface area contributed by atoms with Crippen LogP contribution in [0.5, 0.6) is 5.75 Å². The van der Waals surface area contributed by atoms with Crippen molar-refractivity contribution in [3.05, 3.63) is 125 Å². The number of aromatic nitrogens is 1. The summed E-state index contributed by atoms with van der Waals surface area (Å²) in [6.45, 7) is 1.89. The van der Waals surface area contributed by atoms with E-state index in [9.17, 15) is 18.8 Å². The summed E-state index contributed by atoms with van der Waals surface area (Å²) in [6.07, 6.45) is 0. The highest BCUT2D eigenvalue weighted by molar-refractivity contribution is 6.21. The Balaban J connectivity index is 1.42. The molecule has 0 fully saturated rings. The topological polar surface area (TPSA) is 126 Å². The van der Waals surface area contributed by atoms with Gasteiger partial charge in [0.05, 0.1) is 18.2 Å². The van der Waals surface area contributed by atoms with E-state index in [1.54, 1.807) is 55.6 Å². The first-order valence-electron chi connectivity index (χ1n) is 13.7. The molecule has 8 nitrogen and oxygen atoms in total. The van der Waals surface area contributed by atoms with Gasteiger partial charge in [0.2, 0.25) is 0 Å². The molecule has 5 N–H and O–H groups in total. The number of carbonyl (C=O) groups excluding carboxylic acids is 3. The van der Waals surface area contributed by atoms with Gasteiger partial charge in [-0.25, -0.2) is 4.39 Å². The van der Waals surface area contributed by atoms with Crippen molar-refractivity contribution in [2.45, 2.75) is 6.92 Å². The zero-order valence-electron chi connectivity index (χ0n) is 23.8. The molecule has 0 spiro atoms. The number of H-pyrrole nitrogens is 1. The van der Waals surface area contributed by atoms with Crippen molar-refractivity contribution in [1.82, 2.24) is 4.98 Å². The molecule has 0 aliphatic rings. The van der Waals surface area contributed by atoms with Crippen molar-refractivity contribution in [2.24, 2.45) is 5.73 Å². The molecule has 0 bridgehead atoms. The first-order valence-corrected chi connectivity index (χ1v) is 13.7. The van der Waals surface area contributed by atoms with E-state index in [1.807, 2.05) is 31.2 Å². The van der Waals surface area contributed by atoms with Gasteiger partial charge in [0, 0.05) is 44.9 Å². The fourth-order valence-electron chi connectivity index (χ4n) is 5.35. The van der Waals surface area contributed by atoms with Gasteiger partial charge in [0.1, 0.15) is 11.6 Å². The Morgan fingerprint density at radius 1 is 0.795 bits per heavy atom. The minimum Gasteiger partial charge on any atom is -0.497 e. The van der Waals surface area contributed by atoms with Gasteiger partial charge in [0.25, 0.3) is 17.7 Å². The first kappa shape index (κ1) is 28.2. The van der Waals surface area contributed by atoms with E-state index in [-0.39, 0.29) is 11.8 Å². The molecule has 0 unspecified atom stereocenters. The lowest BCUT2D eigenvalue weighted by Gasteiger charge is -2.15. The van der Waals surface area contributed by atoms with Crippen LogP contribution in [0.15, 0.2) is 97.1 Å². The highest BCUT2D eigenvalue weighted by Gasteiger charge is 2.20. The van der Waals surface area contributed by atoms with Gasteiger partial charge in [-0.2, -0.15) is 0 Å². The summed E-state index contributed by atoms with van der Waals surface area (Å²) >= 11 is 0. The molecular weight excluding hydrogens is 559 g/mol. The lowest BCUT2D eigenvalue weighted by molar-refractivity contribution is 0.0997. The van der Waals surface area contributed by atoms with Crippen molar-refractivity contribution in [3.8, 4) is 16.9 Å². The summed E-state index contributed by atoms with van der Waals surface area (Å²) < 4.78 is 18.6. The first-order chi connectivity index (χ1) is 21.2. The van der Waals surface area contributed by atoms with Gasteiger partial charge in [-0.15, -0.1) is 0 Å². The van der Waals surface area contributed by atoms with Crippen molar-refractivity contribution in [3.63, 3.8) is 0 Å². The molecule has 9 heteroatoms. The summed E-state index contributed by atoms with van der Waals surface area (Å²) in [4.78, 5) is 41.8. The average molecular weight is 587 g/mol. The number of benzene rings is 5. The maximum absolute atomic E-state index is 13.4. The zero-order valence-corrected chi connectivity index (χ0v) is 23.8. The predicted octanol–water partition coefficient (Wildman–Crippen LogP) is 7.05. The Labute approximate surface area is 251 Å². The molecule has 0 saturated carbocycles. The van der Waals surface area contributed by atoms with Gasteiger partial charge < -0.3 is 26.1 Å². The third kappa shape index (κ3) is 5.22. The van der Waals surface area contributed by atoms with Crippen LogP contribution >= 0.6 is 0 Å². The molecule has 3 amide bonds. The molecule has 6 rings (SSSR count). The van der Waals surface area contributed by atoms with E-state index >= 15 is 0 Å². The number of fused-ring (bicyclic) bond motifs is 3. The summed E-state index contributed by atoms with van der Waals surface area (Å²) in [5, 5.41) is 7.34. The van der Waals surface area contributed by atoms with Crippen LogP contribution < -0.4 is 21.1 Å². The number of nitrogens with one attached hydrogen (secondary N) is 3. The number of halogens is 1. The Morgan fingerprint density at radius 3 is 2.27 bits per heavy atom. The number of methoxy groups -OCH3 is 1.